The fourth-order valence-corrected chi connectivity index (χ4v) is 2.34. The normalized spacial score (nSPS) is 11.1. The molecule has 0 spiro atoms. The molecule has 0 atom stereocenters. The molecule has 8 heteroatoms. The van der Waals surface area contributed by atoms with E-state index in [0.717, 1.165) is 0 Å². The van der Waals surface area contributed by atoms with Crippen LogP contribution in [0.15, 0.2) is 54.2 Å². The molecular formula is C21H23N3O5. The predicted molar refractivity (Wildman–Crippen MR) is 110 cm³/mol. The standard InChI is InChI=1S/C21H23N3O5/c1-14(2)13-29-19-9-7-17(8-10-19)23-21(26)20(22-15(3)25)12-16-5-4-6-18(11-16)24(27)28/h4-12,14H,13H2,1-3H3,(H,22,25)(H,23,26)/b20-12+. The van der Waals surface area contributed by atoms with Gasteiger partial charge in [0.05, 0.1) is 11.5 Å². The summed E-state index contributed by atoms with van der Waals surface area (Å²) < 4.78 is 5.60. The smallest absolute Gasteiger partial charge is 0.272 e. The molecule has 0 aromatic heterocycles. The minimum Gasteiger partial charge on any atom is -0.493 e. The first-order valence-corrected chi connectivity index (χ1v) is 9.02. The molecule has 2 aromatic rings. The zero-order valence-corrected chi connectivity index (χ0v) is 16.5. The lowest BCUT2D eigenvalue weighted by Gasteiger charge is -2.11. The van der Waals surface area contributed by atoms with Gasteiger partial charge in [0.1, 0.15) is 11.4 Å². The van der Waals surface area contributed by atoms with Crippen molar-refractivity contribution in [3.05, 3.63) is 69.9 Å². The quantitative estimate of drug-likeness (QED) is 0.400. The number of nitrogens with one attached hydrogen (secondary N) is 2. The van der Waals surface area contributed by atoms with E-state index in [9.17, 15) is 19.7 Å². The number of benzene rings is 2. The van der Waals surface area contributed by atoms with Crippen molar-refractivity contribution < 1.29 is 19.2 Å². The van der Waals surface area contributed by atoms with Crippen molar-refractivity contribution in [1.29, 1.82) is 0 Å². The molecule has 2 rings (SSSR count). The van der Waals surface area contributed by atoms with E-state index in [1.807, 2.05) is 13.8 Å². The molecule has 2 aromatic carbocycles. The number of carbonyl (C=O) groups excluding carboxylic acids is 2. The van der Waals surface area contributed by atoms with Crippen molar-refractivity contribution in [2.45, 2.75) is 20.8 Å². The van der Waals surface area contributed by atoms with Gasteiger partial charge >= 0.3 is 0 Å². The number of ether oxygens (including phenoxy) is 1. The highest BCUT2D eigenvalue weighted by molar-refractivity contribution is 6.08. The molecule has 0 radical (unpaired) electrons. The number of anilines is 1. The van der Waals surface area contributed by atoms with Gasteiger partial charge < -0.3 is 15.4 Å². The van der Waals surface area contributed by atoms with Gasteiger partial charge in [-0.2, -0.15) is 0 Å². The van der Waals surface area contributed by atoms with E-state index >= 15 is 0 Å². The van der Waals surface area contributed by atoms with Crippen LogP contribution >= 0.6 is 0 Å². The zero-order chi connectivity index (χ0) is 21.4. The van der Waals surface area contributed by atoms with E-state index in [2.05, 4.69) is 10.6 Å². The van der Waals surface area contributed by atoms with Gasteiger partial charge in [-0.25, -0.2) is 0 Å². The van der Waals surface area contributed by atoms with Crippen LogP contribution in [-0.2, 0) is 9.59 Å². The summed E-state index contributed by atoms with van der Waals surface area (Å²) in [5.74, 6) is 0.0938. The van der Waals surface area contributed by atoms with Crippen LogP contribution in [-0.4, -0.2) is 23.3 Å². The van der Waals surface area contributed by atoms with Gasteiger partial charge in [-0.1, -0.05) is 26.0 Å². The molecule has 8 nitrogen and oxygen atoms in total. The average molecular weight is 397 g/mol. The maximum atomic E-state index is 12.6. The Bertz CT molecular complexity index is 920. The van der Waals surface area contributed by atoms with Crippen molar-refractivity contribution in [3.8, 4) is 5.75 Å². The Hall–Kier alpha value is -3.68. The number of non-ortho nitro benzene ring substituents is 1. The highest BCUT2D eigenvalue weighted by atomic mass is 16.6. The number of hydrogen-bond donors (Lipinski definition) is 2. The number of hydrogen-bond acceptors (Lipinski definition) is 5. The number of nitro benzene ring substituents is 1. The first kappa shape index (κ1) is 21.6. The van der Waals surface area contributed by atoms with Gasteiger partial charge in [-0.3, -0.25) is 19.7 Å². The molecule has 0 aliphatic carbocycles. The third-order valence-corrected chi connectivity index (χ3v) is 3.64. The lowest BCUT2D eigenvalue weighted by Crippen LogP contribution is -2.28. The second-order valence-electron chi connectivity index (χ2n) is 6.77. The molecule has 0 bridgehead atoms. The molecule has 0 saturated carbocycles. The van der Waals surface area contributed by atoms with Gasteiger partial charge in [0.25, 0.3) is 11.6 Å². The molecule has 2 amide bonds. The number of nitrogens with zero attached hydrogens (tertiary/aromatic N) is 1. The third-order valence-electron chi connectivity index (χ3n) is 3.64. The van der Waals surface area contributed by atoms with Crippen LogP contribution in [0.25, 0.3) is 6.08 Å². The van der Waals surface area contributed by atoms with E-state index < -0.39 is 16.7 Å². The Morgan fingerprint density at radius 2 is 1.86 bits per heavy atom. The first-order chi connectivity index (χ1) is 13.7. The van der Waals surface area contributed by atoms with Crippen LogP contribution < -0.4 is 15.4 Å². The van der Waals surface area contributed by atoms with E-state index in [1.165, 1.54) is 31.2 Å². The first-order valence-electron chi connectivity index (χ1n) is 9.02. The van der Waals surface area contributed by atoms with Crippen LogP contribution in [0.5, 0.6) is 5.75 Å². The van der Waals surface area contributed by atoms with Crippen molar-refractivity contribution in [3.63, 3.8) is 0 Å². The molecule has 0 fully saturated rings. The van der Waals surface area contributed by atoms with E-state index in [-0.39, 0.29) is 11.4 Å². The minimum absolute atomic E-state index is 0.0295. The van der Waals surface area contributed by atoms with Crippen LogP contribution in [0, 0.1) is 16.0 Å². The van der Waals surface area contributed by atoms with E-state index in [4.69, 9.17) is 4.74 Å². The molecule has 0 aliphatic heterocycles. The SMILES string of the molecule is CC(=O)N/C(=C/c1cccc([N+](=O)[O-])c1)C(=O)Nc1ccc(OCC(C)C)cc1. The molecule has 152 valence electrons. The second-order valence-corrected chi connectivity index (χ2v) is 6.77. The molecule has 29 heavy (non-hydrogen) atoms. The Morgan fingerprint density at radius 1 is 1.17 bits per heavy atom. The maximum absolute atomic E-state index is 12.6. The lowest BCUT2D eigenvalue weighted by atomic mass is 10.1. The van der Waals surface area contributed by atoms with Crippen LogP contribution in [0.3, 0.4) is 0 Å². The van der Waals surface area contributed by atoms with Crippen LogP contribution in [0.2, 0.25) is 0 Å². The molecular weight excluding hydrogens is 374 g/mol. The fraction of sp³-hybridized carbons (Fsp3) is 0.238. The topological polar surface area (TPSA) is 111 Å². The van der Waals surface area contributed by atoms with Gasteiger partial charge in [-0.05, 0) is 41.8 Å². The third kappa shape index (κ3) is 7.10. The zero-order valence-electron chi connectivity index (χ0n) is 16.5. The summed E-state index contributed by atoms with van der Waals surface area (Å²) >= 11 is 0. The minimum atomic E-state index is -0.553. The van der Waals surface area contributed by atoms with Crippen LogP contribution in [0.4, 0.5) is 11.4 Å². The molecule has 2 N–H and O–H groups in total. The summed E-state index contributed by atoms with van der Waals surface area (Å²) in [7, 11) is 0. The lowest BCUT2D eigenvalue weighted by molar-refractivity contribution is -0.384. The van der Waals surface area contributed by atoms with Crippen molar-refractivity contribution in [2.75, 3.05) is 11.9 Å². The number of nitro groups is 1. The number of rotatable bonds is 8. The van der Waals surface area contributed by atoms with Gasteiger partial charge in [0.2, 0.25) is 5.91 Å². The summed E-state index contributed by atoms with van der Waals surface area (Å²) in [4.78, 5) is 34.5. The Kier molecular flexibility index (Phi) is 7.47. The van der Waals surface area contributed by atoms with Gasteiger partial charge in [-0.15, -0.1) is 0 Å². The van der Waals surface area contributed by atoms with E-state index in [0.29, 0.717) is 29.5 Å². The highest BCUT2D eigenvalue weighted by Crippen LogP contribution is 2.18. The monoisotopic (exact) mass is 397 g/mol. The Balaban J connectivity index is 2.17. The summed E-state index contributed by atoms with van der Waals surface area (Å²) in [5, 5.41) is 16.1. The highest BCUT2D eigenvalue weighted by Gasteiger charge is 2.13. The van der Waals surface area contributed by atoms with Crippen molar-refractivity contribution >= 4 is 29.3 Å². The Morgan fingerprint density at radius 3 is 2.45 bits per heavy atom. The summed E-state index contributed by atoms with van der Waals surface area (Å²) in [6, 6.07) is 12.6. The second kappa shape index (κ2) is 10.0. The van der Waals surface area contributed by atoms with Gasteiger partial charge in [0.15, 0.2) is 0 Å². The Labute approximate surface area is 168 Å². The van der Waals surface area contributed by atoms with Gasteiger partial charge in [0, 0.05) is 24.7 Å². The summed E-state index contributed by atoms with van der Waals surface area (Å²) in [6.07, 6.45) is 1.38. The molecule has 0 unspecified atom stereocenters. The van der Waals surface area contributed by atoms with E-state index in [1.54, 1.807) is 30.3 Å². The number of carbonyl (C=O) groups is 2. The average Bonchev–Trinajstić information content (AvgIpc) is 2.66. The summed E-state index contributed by atoms with van der Waals surface area (Å²) in [5.41, 5.74) is 0.786. The maximum Gasteiger partial charge on any atom is 0.272 e. The summed E-state index contributed by atoms with van der Waals surface area (Å²) in [6.45, 7) is 5.96. The fourth-order valence-electron chi connectivity index (χ4n) is 2.34. The predicted octanol–water partition coefficient (Wildman–Crippen LogP) is 3.75. The molecule has 0 saturated heterocycles. The molecule has 0 aliphatic rings. The van der Waals surface area contributed by atoms with Crippen LogP contribution in [0.1, 0.15) is 26.3 Å². The van der Waals surface area contributed by atoms with Crippen molar-refractivity contribution in [2.24, 2.45) is 5.92 Å². The number of amides is 2. The van der Waals surface area contributed by atoms with Crippen molar-refractivity contribution in [1.82, 2.24) is 5.32 Å². The largest absolute Gasteiger partial charge is 0.493 e. The molecule has 0 heterocycles.